The first-order valence-corrected chi connectivity index (χ1v) is 11.5. The summed E-state index contributed by atoms with van der Waals surface area (Å²) >= 11 is 0. The topological polar surface area (TPSA) is 75.4 Å². The maximum absolute atomic E-state index is 13.2. The van der Waals surface area contributed by atoms with Gasteiger partial charge in [0.05, 0.1) is 31.7 Å². The van der Waals surface area contributed by atoms with Gasteiger partial charge in [-0.25, -0.2) is 0 Å². The van der Waals surface area contributed by atoms with Crippen molar-refractivity contribution >= 4 is 5.91 Å². The number of aryl methyl sites for hydroxylation is 1. The van der Waals surface area contributed by atoms with E-state index in [0.29, 0.717) is 38.8 Å². The second kappa shape index (κ2) is 11.1. The van der Waals surface area contributed by atoms with E-state index in [0.717, 1.165) is 30.0 Å². The Morgan fingerprint density at radius 2 is 2.06 bits per heavy atom. The van der Waals surface area contributed by atoms with Gasteiger partial charge >= 0.3 is 0 Å². The lowest BCUT2D eigenvalue weighted by Gasteiger charge is -2.36. The van der Waals surface area contributed by atoms with Gasteiger partial charge < -0.3 is 23.9 Å². The molecule has 7 heteroatoms. The molecule has 32 heavy (non-hydrogen) atoms. The van der Waals surface area contributed by atoms with Crippen LogP contribution >= 0.6 is 0 Å². The summed E-state index contributed by atoms with van der Waals surface area (Å²) in [6.45, 7) is 6.57. The van der Waals surface area contributed by atoms with Crippen LogP contribution in [0.4, 0.5) is 0 Å². The Morgan fingerprint density at radius 3 is 2.78 bits per heavy atom. The van der Waals surface area contributed by atoms with Crippen molar-refractivity contribution in [1.82, 2.24) is 9.80 Å². The largest absolute Gasteiger partial charge is 0.467 e. The van der Waals surface area contributed by atoms with Crippen molar-refractivity contribution in [3.63, 3.8) is 0 Å². The number of carbonyl (C=O) groups excluding carboxylic acids is 1. The van der Waals surface area contributed by atoms with Gasteiger partial charge in [-0.1, -0.05) is 17.7 Å². The highest BCUT2D eigenvalue weighted by molar-refractivity contribution is 5.94. The van der Waals surface area contributed by atoms with Crippen molar-refractivity contribution in [2.45, 2.75) is 38.6 Å². The van der Waals surface area contributed by atoms with Gasteiger partial charge in [-0.2, -0.15) is 0 Å². The van der Waals surface area contributed by atoms with Gasteiger partial charge in [0, 0.05) is 38.3 Å². The van der Waals surface area contributed by atoms with Gasteiger partial charge in [0.1, 0.15) is 12.4 Å². The Hall–Kier alpha value is -2.19. The minimum atomic E-state index is -0.583. The smallest absolute Gasteiger partial charge is 0.253 e. The highest BCUT2D eigenvalue weighted by Crippen LogP contribution is 2.30. The predicted octanol–water partition coefficient (Wildman–Crippen LogP) is 2.72. The van der Waals surface area contributed by atoms with Crippen molar-refractivity contribution in [2.24, 2.45) is 5.92 Å². The lowest BCUT2D eigenvalue weighted by atomic mass is 10.1. The number of ether oxygens (including phenoxy) is 2. The Bertz CT molecular complexity index is 835. The monoisotopic (exact) mass is 442 g/mol. The molecule has 1 saturated heterocycles. The Morgan fingerprint density at radius 1 is 1.25 bits per heavy atom. The molecule has 1 amide bonds. The molecule has 7 nitrogen and oxygen atoms in total. The zero-order valence-electron chi connectivity index (χ0n) is 18.8. The molecule has 0 bridgehead atoms. The molecule has 1 aliphatic carbocycles. The average Bonchev–Trinajstić information content (AvgIpc) is 3.45. The van der Waals surface area contributed by atoms with E-state index in [-0.39, 0.29) is 18.6 Å². The normalized spacial score (nSPS) is 20.2. The van der Waals surface area contributed by atoms with E-state index in [1.54, 1.807) is 6.26 Å². The number of nitrogens with zero attached hydrogens (tertiary/aromatic N) is 2. The van der Waals surface area contributed by atoms with Crippen molar-refractivity contribution < 1.29 is 23.8 Å². The van der Waals surface area contributed by atoms with Gasteiger partial charge in [0.15, 0.2) is 0 Å². The van der Waals surface area contributed by atoms with Crippen LogP contribution in [0.3, 0.4) is 0 Å². The number of rotatable bonds is 11. The number of aliphatic hydroxyl groups excluding tert-OH is 1. The number of β-amino-alcohol motifs (C(OH)–C–C–N with tert-alkyl or cyclic N) is 1. The number of furan rings is 1. The fraction of sp³-hybridized carbons (Fsp3) is 0.560. The summed E-state index contributed by atoms with van der Waals surface area (Å²) in [7, 11) is 0. The molecule has 0 unspecified atom stereocenters. The van der Waals surface area contributed by atoms with E-state index in [1.165, 1.54) is 12.8 Å². The van der Waals surface area contributed by atoms with E-state index in [9.17, 15) is 9.90 Å². The minimum Gasteiger partial charge on any atom is -0.467 e. The fourth-order valence-corrected chi connectivity index (χ4v) is 4.07. The molecule has 2 aliphatic rings. The van der Waals surface area contributed by atoms with E-state index >= 15 is 0 Å². The molecule has 1 N–H and O–H groups in total. The first kappa shape index (κ1) is 23.0. The summed E-state index contributed by atoms with van der Waals surface area (Å²) in [6.07, 6.45) is 3.35. The molecule has 174 valence electrons. The molecule has 1 saturated carbocycles. The van der Waals surface area contributed by atoms with E-state index in [2.05, 4.69) is 4.90 Å². The highest BCUT2D eigenvalue weighted by Gasteiger charge is 2.31. The predicted molar refractivity (Wildman–Crippen MR) is 120 cm³/mol. The summed E-state index contributed by atoms with van der Waals surface area (Å²) < 4.78 is 16.8. The van der Waals surface area contributed by atoms with Gasteiger partial charge in [-0.3, -0.25) is 9.69 Å². The Balaban J connectivity index is 1.26. The average molecular weight is 443 g/mol. The van der Waals surface area contributed by atoms with E-state index < -0.39 is 6.10 Å². The SMILES string of the molecule is Cc1ccc(C(=O)N(CC2CC2)C[C@H]2CN(C[C@H](O)COCc3ccco3)CCO2)cc1. The maximum atomic E-state index is 13.2. The van der Waals surface area contributed by atoms with Crippen molar-refractivity contribution in [2.75, 3.05) is 45.9 Å². The number of morpholine rings is 1. The number of hydrogen-bond donors (Lipinski definition) is 1. The number of aliphatic hydroxyl groups is 1. The van der Waals surface area contributed by atoms with E-state index in [4.69, 9.17) is 13.9 Å². The first-order valence-electron chi connectivity index (χ1n) is 11.5. The van der Waals surface area contributed by atoms with Crippen LogP contribution in [0.2, 0.25) is 0 Å². The molecule has 0 spiro atoms. The number of carbonyl (C=O) groups is 1. The molecule has 1 aromatic carbocycles. The summed E-state index contributed by atoms with van der Waals surface area (Å²) in [5, 5.41) is 10.4. The Kier molecular flexibility index (Phi) is 7.97. The second-order valence-corrected chi connectivity index (χ2v) is 9.02. The van der Waals surface area contributed by atoms with Crippen LogP contribution in [0.1, 0.15) is 34.5 Å². The third-order valence-corrected chi connectivity index (χ3v) is 6.01. The minimum absolute atomic E-state index is 0.0619. The molecule has 1 aliphatic heterocycles. The third-order valence-electron chi connectivity index (χ3n) is 6.01. The molecule has 2 aromatic rings. The molecule has 2 atom stereocenters. The van der Waals surface area contributed by atoms with Crippen LogP contribution in [-0.2, 0) is 16.1 Å². The van der Waals surface area contributed by atoms with Crippen molar-refractivity contribution in [3.05, 3.63) is 59.5 Å². The van der Waals surface area contributed by atoms with E-state index in [1.807, 2.05) is 48.2 Å². The van der Waals surface area contributed by atoms with Crippen LogP contribution in [0.25, 0.3) is 0 Å². The maximum Gasteiger partial charge on any atom is 0.253 e. The van der Waals surface area contributed by atoms with Gasteiger partial charge in [-0.15, -0.1) is 0 Å². The van der Waals surface area contributed by atoms with Crippen LogP contribution in [0.15, 0.2) is 47.1 Å². The highest BCUT2D eigenvalue weighted by atomic mass is 16.5. The first-order chi connectivity index (χ1) is 15.6. The summed E-state index contributed by atoms with van der Waals surface area (Å²) in [5.41, 5.74) is 1.88. The standard InChI is InChI=1S/C25H34N2O5/c1-19-4-8-21(9-5-19)25(29)27(13-20-6-7-20)16-24-15-26(10-12-32-24)14-22(28)17-30-18-23-3-2-11-31-23/h2-5,8-9,11,20,22,24,28H,6-7,10,12-18H2,1H3/t22-,24+/m0/s1. The molecule has 0 radical (unpaired) electrons. The van der Waals surface area contributed by atoms with Gasteiger partial charge in [0.25, 0.3) is 5.91 Å². The zero-order valence-corrected chi connectivity index (χ0v) is 18.8. The summed E-state index contributed by atoms with van der Waals surface area (Å²) in [4.78, 5) is 17.3. The second-order valence-electron chi connectivity index (χ2n) is 9.02. The molecule has 2 fully saturated rings. The van der Waals surface area contributed by atoms with Crippen molar-refractivity contribution in [3.8, 4) is 0 Å². The van der Waals surface area contributed by atoms with Crippen LogP contribution < -0.4 is 0 Å². The van der Waals surface area contributed by atoms with Gasteiger partial charge in [-0.05, 0) is 49.9 Å². The van der Waals surface area contributed by atoms with Crippen LogP contribution in [-0.4, -0.2) is 79.0 Å². The summed E-state index contributed by atoms with van der Waals surface area (Å²) in [6, 6.07) is 11.5. The summed E-state index contributed by atoms with van der Waals surface area (Å²) in [5.74, 6) is 1.43. The van der Waals surface area contributed by atoms with Crippen LogP contribution in [0.5, 0.6) is 0 Å². The van der Waals surface area contributed by atoms with Gasteiger partial charge in [0.2, 0.25) is 0 Å². The lowest BCUT2D eigenvalue weighted by molar-refractivity contribution is -0.0605. The number of hydrogen-bond acceptors (Lipinski definition) is 6. The fourth-order valence-electron chi connectivity index (χ4n) is 4.07. The molecule has 4 rings (SSSR count). The lowest BCUT2D eigenvalue weighted by Crippen LogP contribution is -2.51. The number of amides is 1. The number of benzene rings is 1. The molecular weight excluding hydrogens is 408 g/mol. The zero-order chi connectivity index (χ0) is 22.3. The Labute approximate surface area is 189 Å². The third kappa shape index (κ3) is 6.90. The molecular formula is C25H34N2O5. The molecule has 1 aromatic heterocycles. The van der Waals surface area contributed by atoms with Crippen molar-refractivity contribution in [1.29, 1.82) is 0 Å². The van der Waals surface area contributed by atoms with Crippen LogP contribution in [0, 0.1) is 12.8 Å². The molecule has 2 heterocycles. The quantitative estimate of drug-likeness (QED) is 0.577.